The van der Waals surface area contributed by atoms with Crippen molar-refractivity contribution in [2.75, 3.05) is 20.3 Å². The van der Waals surface area contributed by atoms with E-state index in [4.69, 9.17) is 14.2 Å². The third kappa shape index (κ3) is 6.56. The van der Waals surface area contributed by atoms with Gasteiger partial charge in [0.25, 0.3) is 0 Å². The minimum absolute atomic E-state index is 0.564. The maximum Gasteiger partial charge on any atom is 0.161 e. The highest BCUT2D eigenvalue weighted by molar-refractivity contribution is 5.45. The Morgan fingerprint density at radius 2 is 1.63 bits per heavy atom. The molecule has 0 heterocycles. The lowest BCUT2D eigenvalue weighted by Crippen LogP contribution is -2.04. The third-order valence-corrected chi connectivity index (χ3v) is 4.44. The highest BCUT2D eigenvalue weighted by Gasteiger charge is 2.14. The first-order valence-electron chi connectivity index (χ1n) is 9.85. The van der Waals surface area contributed by atoms with Gasteiger partial charge in [0.1, 0.15) is 6.10 Å². The Morgan fingerprint density at radius 3 is 2.37 bits per heavy atom. The van der Waals surface area contributed by atoms with E-state index in [1.165, 1.54) is 0 Å². The van der Waals surface area contributed by atoms with Gasteiger partial charge in [-0.1, -0.05) is 57.0 Å². The van der Waals surface area contributed by atoms with Gasteiger partial charge < -0.3 is 19.3 Å². The normalized spacial score (nSPS) is 12.0. The topological polar surface area (TPSA) is 47.9 Å². The van der Waals surface area contributed by atoms with Gasteiger partial charge in [-0.25, -0.2) is 0 Å². The first-order chi connectivity index (χ1) is 13.2. The zero-order valence-electron chi connectivity index (χ0n) is 16.7. The quantitative estimate of drug-likeness (QED) is 0.516. The summed E-state index contributed by atoms with van der Waals surface area (Å²) in [5.74, 6) is 1.35. The molecule has 0 aliphatic carbocycles. The number of hydrogen-bond acceptors (Lipinski definition) is 4. The fourth-order valence-corrected chi connectivity index (χ4v) is 2.78. The molecule has 0 saturated carbocycles. The van der Waals surface area contributed by atoms with Crippen molar-refractivity contribution in [2.24, 2.45) is 0 Å². The summed E-state index contributed by atoms with van der Waals surface area (Å²) in [6.45, 7) is 6.24. The van der Waals surface area contributed by atoms with E-state index in [2.05, 4.69) is 13.8 Å². The van der Waals surface area contributed by atoms with Crippen molar-refractivity contribution >= 4 is 0 Å². The van der Waals surface area contributed by atoms with E-state index in [9.17, 15) is 5.11 Å². The van der Waals surface area contributed by atoms with Crippen molar-refractivity contribution in [2.45, 2.75) is 52.2 Å². The molecule has 0 fully saturated rings. The highest BCUT2D eigenvalue weighted by Crippen LogP contribution is 2.33. The SMILES string of the molecule is CCCCOCc1cccc(C(O)c2ccc(OC)c(OCCCC)c2)c1. The summed E-state index contributed by atoms with van der Waals surface area (Å²) in [6, 6.07) is 13.5. The molecule has 0 spiro atoms. The molecular formula is C23H32O4. The van der Waals surface area contributed by atoms with Crippen LogP contribution >= 0.6 is 0 Å². The van der Waals surface area contributed by atoms with E-state index in [1.807, 2.05) is 42.5 Å². The predicted octanol–water partition coefficient (Wildman–Crippen LogP) is 5.27. The van der Waals surface area contributed by atoms with E-state index in [0.29, 0.717) is 24.7 Å². The number of unbranched alkanes of at least 4 members (excludes halogenated alkanes) is 2. The number of methoxy groups -OCH3 is 1. The average Bonchev–Trinajstić information content (AvgIpc) is 2.71. The molecule has 1 unspecified atom stereocenters. The molecule has 4 nitrogen and oxygen atoms in total. The van der Waals surface area contributed by atoms with Crippen LogP contribution in [0.5, 0.6) is 11.5 Å². The zero-order chi connectivity index (χ0) is 19.5. The fraction of sp³-hybridized carbons (Fsp3) is 0.478. The van der Waals surface area contributed by atoms with Gasteiger partial charge >= 0.3 is 0 Å². The van der Waals surface area contributed by atoms with Crippen molar-refractivity contribution < 1.29 is 19.3 Å². The van der Waals surface area contributed by atoms with E-state index in [-0.39, 0.29) is 0 Å². The van der Waals surface area contributed by atoms with Gasteiger partial charge in [0.05, 0.1) is 20.3 Å². The number of rotatable bonds is 12. The molecule has 0 saturated heterocycles. The number of aliphatic hydroxyl groups excluding tert-OH is 1. The van der Waals surface area contributed by atoms with Crippen LogP contribution in [-0.2, 0) is 11.3 Å². The van der Waals surface area contributed by atoms with Crippen LogP contribution in [0.2, 0.25) is 0 Å². The number of hydrogen-bond donors (Lipinski definition) is 1. The predicted molar refractivity (Wildman–Crippen MR) is 108 cm³/mol. The molecule has 2 rings (SSSR count). The number of ether oxygens (including phenoxy) is 3. The van der Waals surface area contributed by atoms with Crippen molar-refractivity contribution in [1.82, 2.24) is 0 Å². The molecule has 2 aromatic rings. The molecule has 0 radical (unpaired) electrons. The number of aliphatic hydroxyl groups is 1. The molecule has 148 valence electrons. The van der Waals surface area contributed by atoms with Gasteiger partial charge in [-0.05, 0) is 41.7 Å². The van der Waals surface area contributed by atoms with Gasteiger partial charge in [-0.3, -0.25) is 0 Å². The molecule has 2 aromatic carbocycles. The van der Waals surface area contributed by atoms with Crippen LogP contribution in [0.4, 0.5) is 0 Å². The Bertz CT molecular complexity index is 684. The summed E-state index contributed by atoms with van der Waals surface area (Å²) in [4.78, 5) is 0. The Labute approximate surface area is 163 Å². The van der Waals surface area contributed by atoms with Crippen LogP contribution < -0.4 is 9.47 Å². The summed E-state index contributed by atoms with van der Waals surface area (Å²) in [7, 11) is 1.63. The van der Waals surface area contributed by atoms with Crippen molar-refractivity contribution in [3.05, 3.63) is 59.2 Å². The molecule has 1 atom stereocenters. The monoisotopic (exact) mass is 372 g/mol. The second-order valence-electron chi connectivity index (χ2n) is 6.67. The maximum atomic E-state index is 10.8. The van der Waals surface area contributed by atoms with Crippen LogP contribution in [0.15, 0.2) is 42.5 Å². The molecule has 0 amide bonds. The fourth-order valence-electron chi connectivity index (χ4n) is 2.78. The van der Waals surface area contributed by atoms with E-state index < -0.39 is 6.10 Å². The summed E-state index contributed by atoms with van der Waals surface area (Å²) < 4.78 is 16.9. The van der Waals surface area contributed by atoms with Crippen LogP contribution in [-0.4, -0.2) is 25.4 Å². The largest absolute Gasteiger partial charge is 0.493 e. The molecule has 0 aliphatic rings. The molecule has 0 aliphatic heterocycles. The standard InChI is InChI=1S/C23H32O4/c1-4-6-13-26-17-18-9-8-10-19(15-18)23(24)20-11-12-21(25-3)22(16-20)27-14-7-5-2/h8-12,15-16,23-24H,4-7,13-14,17H2,1-3H3. The summed E-state index contributed by atoms with van der Waals surface area (Å²) in [5.41, 5.74) is 2.69. The zero-order valence-corrected chi connectivity index (χ0v) is 16.7. The maximum absolute atomic E-state index is 10.8. The van der Waals surface area contributed by atoms with Gasteiger partial charge in [0.15, 0.2) is 11.5 Å². The lowest BCUT2D eigenvalue weighted by atomic mass is 9.99. The highest BCUT2D eigenvalue weighted by atomic mass is 16.5. The van der Waals surface area contributed by atoms with E-state index in [0.717, 1.165) is 49.0 Å². The van der Waals surface area contributed by atoms with Crippen molar-refractivity contribution in [3.63, 3.8) is 0 Å². The first kappa shape index (κ1) is 21.3. The summed E-state index contributed by atoms with van der Waals surface area (Å²) >= 11 is 0. The van der Waals surface area contributed by atoms with E-state index >= 15 is 0 Å². The van der Waals surface area contributed by atoms with Crippen LogP contribution in [0.3, 0.4) is 0 Å². The lowest BCUT2D eigenvalue weighted by Gasteiger charge is -2.16. The second kappa shape index (κ2) is 11.6. The van der Waals surface area contributed by atoms with Gasteiger partial charge in [-0.15, -0.1) is 0 Å². The summed E-state index contributed by atoms with van der Waals surface area (Å²) in [6.07, 6.45) is 3.52. The third-order valence-electron chi connectivity index (χ3n) is 4.44. The second-order valence-corrected chi connectivity index (χ2v) is 6.67. The van der Waals surface area contributed by atoms with E-state index in [1.54, 1.807) is 7.11 Å². The Balaban J connectivity index is 2.11. The van der Waals surface area contributed by atoms with Crippen molar-refractivity contribution in [3.8, 4) is 11.5 Å². The van der Waals surface area contributed by atoms with Crippen LogP contribution in [0.25, 0.3) is 0 Å². The van der Waals surface area contributed by atoms with Gasteiger partial charge in [0.2, 0.25) is 0 Å². The van der Waals surface area contributed by atoms with Gasteiger partial charge in [0, 0.05) is 6.61 Å². The molecule has 4 heteroatoms. The molecular weight excluding hydrogens is 340 g/mol. The number of benzene rings is 2. The molecule has 0 bridgehead atoms. The Hall–Kier alpha value is -2.04. The Kier molecular flexibility index (Phi) is 9.16. The molecule has 27 heavy (non-hydrogen) atoms. The average molecular weight is 373 g/mol. The Morgan fingerprint density at radius 1 is 0.889 bits per heavy atom. The lowest BCUT2D eigenvalue weighted by molar-refractivity contribution is 0.118. The van der Waals surface area contributed by atoms with Crippen LogP contribution in [0, 0.1) is 0 Å². The van der Waals surface area contributed by atoms with Gasteiger partial charge in [-0.2, -0.15) is 0 Å². The van der Waals surface area contributed by atoms with Crippen LogP contribution in [0.1, 0.15) is 62.3 Å². The molecule has 1 N–H and O–H groups in total. The first-order valence-corrected chi connectivity index (χ1v) is 9.85. The minimum atomic E-state index is -0.722. The smallest absolute Gasteiger partial charge is 0.161 e. The molecule has 0 aromatic heterocycles. The summed E-state index contributed by atoms with van der Waals surface area (Å²) in [5, 5.41) is 10.8. The van der Waals surface area contributed by atoms with Crippen molar-refractivity contribution in [1.29, 1.82) is 0 Å². The minimum Gasteiger partial charge on any atom is -0.493 e.